The molecule has 52 heavy (non-hydrogen) atoms. The smallest absolute Gasteiger partial charge is 0.319 e. The predicted molar refractivity (Wildman–Crippen MR) is 196 cm³/mol. The molecule has 12 nitrogen and oxygen atoms in total. The second-order valence-corrected chi connectivity index (χ2v) is 16.4. The van der Waals surface area contributed by atoms with E-state index in [0.717, 1.165) is 62.4 Å². The highest BCUT2D eigenvalue weighted by molar-refractivity contribution is 6.32. The van der Waals surface area contributed by atoms with Crippen LogP contribution < -0.4 is 25.5 Å². The predicted octanol–water partition coefficient (Wildman–Crippen LogP) is 4.01. The first-order valence-corrected chi connectivity index (χ1v) is 19.2. The fourth-order valence-electron chi connectivity index (χ4n) is 9.84. The Morgan fingerprint density at radius 3 is 2.73 bits per heavy atom. The van der Waals surface area contributed by atoms with Crippen LogP contribution in [-0.2, 0) is 14.2 Å². The van der Waals surface area contributed by atoms with Gasteiger partial charge in [0.2, 0.25) is 5.88 Å². The van der Waals surface area contributed by atoms with E-state index in [-0.39, 0.29) is 42.1 Å². The zero-order valence-electron chi connectivity index (χ0n) is 30.8. The maximum absolute atomic E-state index is 17.3. The van der Waals surface area contributed by atoms with Crippen molar-refractivity contribution in [2.75, 3.05) is 51.5 Å². The molecule has 8 rings (SSSR count). The summed E-state index contributed by atoms with van der Waals surface area (Å²) < 4.78 is 41.8. The zero-order chi connectivity index (χ0) is 36.4. The van der Waals surface area contributed by atoms with E-state index in [4.69, 9.17) is 40.5 Å². The molecule has 5 aliphatic rings. The standard InChI is InChI=1S/C38H51ClFN7O5/c1-21-14-24(15-22(2)52-21)47-11-7-10-38(9-6-8-28(38)47)20-51-36-43-33-30(34(44-36)46-12-13-50-19-37(4,48)18-46)35(49-5)42-32(31(33)40)29-23(3)26(39)16-27-25(29)17-41-45-27/h16-17,21-22,24,28,32,42,48H,6-15,18-20H2,1-5H3,(H,41,45)/t21-,22+,24?,28-,32?,37+,38-/m1/s1. The monoisotopic (exact) mass is 739 g/mol. The fraction of sp³-hybridized carbons (Fsp3) is 0.658. The molecule has 282 valence electrons. The van der Waals surface area contributed by atoms with Crippen LogP contribution in [0.25, 0.3) is 22.6 Å². The van der Waals surface area contributed by atoms with Crippen molar-refractivity contribution in [1.29, 1.82) is 0 Å². The maximum Gasteiger partial charge on any atom is 0.319 e. The van der Waals surface area contributed by atoms with Crippen molar-refractivity contribution in [2.24, 2.45) is 5.41 Å². The number of piperidine rings is 1. The van der Waals surface area contributed by atoms with Gasteiger partial charge in [-0.15, -0.1) is 0 Å². The molecule has 3 saturated heterocycles. The van der Waals surface area contributed by atoms with Crippen LogP contribution in [0, 0.1) is 12.3 Å². The van der Waals surface area contributed by atoms with Crippen molar-refractivity contribution in [1.82, 2.24) is 30.4 Å². The van der Waals surface area contributed by atoms with Crippen molar-refractivity contribution >= 4 is 40.0 Å². The number of nitrogens with one attached hydrogen (secondary N) is 2. The molecule has 1 aliphatic carbocycles. The molecule has 0 bridgehead atoms. The van der Waals surface area contributed by atoms with Crippen LogP contribution in [0.1, 0.15) is 82.9 Å². The van der Waals surface area contributed by atoms with Gasteiger partial charge in [0.25, 0.3) is 0 Å². The second-order valence-electron chi connectivity index (χ2n) is 16.0. The van der Waals surface area contributed by atoms with Gasteiger partial charge in [0.1, 0.15) is 28.0 Å². The normalized spacial score (nSPS) is 32.7. The van der Waals surface area contributed by atoms with Gasteiger partial charge in [-0.05, 0) is 90.0 Å². The molecule has 2 unspecified atom stereocenters. The third kappa shape index (κ3) is 6.40. The Balaban J connectivity index is 1.22. The van der Waals surface area contributed by atoms with Crippen LogP contribution in [0.4, 0.5) is 10.2 Å². The molecule has 3 aromatic rings. The quantitative estimate of drug-likeness (QED) is 0.325. The molecule has 6 heterocycles. The summed E-state index contributed by atoms with van der Waals surface area (Å²) in [6, 6.07) is 1.81. The summed E-state index contributed by atoms with van der Waals surface area (Å²) in [7, 11) is 1.54. The molecule has 1 saturated carbocycles. The van der Waals surface area contributed by atoms with Crippen molar-refractivity contribution in [3.63, 3.8) is 0 Å². The Morgan fingerprint density at radius 1 is 1.15 bits per heavy atom. The number of β-amino-alcohol motifs (C(OH)–C–C–N with tert-alkyl or cyclic N) is 1. The largest absolute Gasteiger partial charge is 0.482 e. The van der Waals surface area contributed by atoms with Gasteiger partial charge in [-0.25, -0.2) is 4.39 Å². The lowest BCUT2D eigenvalue weighted by molar-refractivity contribution is -0.0968. The number of methoxy groups -OCH3 is 1. The number of likely N-dealkylation sites (tertiary alicyclic amines) is 1. The van der Waals surface area contributed by atoms with E-state index in [2.05, 4.69) is 34.3 Å². The van der Waals surface area contributed by atoms with E-state index in [9.17, 15) is 5.11 Å². The second kappa shape index (κ2) is 13.9. The number of anilines is 1. The number of H-pyrrole nitrogens is 1. The van der Waals surface area contributed by atoms with Crippen LogP contribution in [0.2, 0.25) is 5.02 Å². The van der Waals surface area contributed by atoms with E-state index < -0.39 is 17.5 Å². The molecular weight excluding hydrogens is 689 g/mol. The number of aliphatic hydroxyl groups is 1. The highest BCUT2D eigenvalue weighted by Gasteiger charge is 2.51. The minimum Gasteiger partial charge on any atom is -0.482 e. The Hall–Kier alpha value is -3.23. The highest BCUT2D eigenvalue weighted by atomic mass is 35.5. The highest BCUT2D eigenvalue weighted by Crippen LogP contribution is 2.49. The Labute approximate surface area is 308 Å². The summed E-state index contributed by atoms with van der Waals surface area (Å²) in [4.78, 5) is 14.5. The number of benzene rings is 1. The molecule has 14 heteroatoms. The minimum absolute atomic E-state index is 0.0521. The summed E-state index contributed by atoms with van der Waals surface area (Å²) in [5.74, 6) is 0.204. The van der Waals surface area contributed by atoms with E-state index in [0.29, 0.717) is 64.9 Å². The molecule has 4 fully saturated rings. The molecule has 1 aromatic carbocycles. The summed E-state index contributed by atoms with van der Waals surface area (Å²) in [6.45, 7) is 10.7. The van der Waals surface area contributed by atoms with E-state index in [1.807, 2.05) is 11.8 Å². The van der Waals surface area contributed by atoms with Gasteiger partial charge in [-0.3, -0.25) is 10.00 Å². The van der Waals surface area contributed by atoms with E-state index >= 15 is 4.39 Å². The lowest BCUT2D eigenvalue weighted by Gasteiger charge is -2.51. The molecule has 0 spiro atoms. The van der Waals surface area contributed by atoms with Gasteiger partial charge >= 0.3 is 6.01 Å². The van der Waals surface area contributed by atoms with Crippen LogP contribution in [-0.4, -0.2) is 107 Å². The van der Waals surface area contributed by atoms with Crippen LogP contribution in [0.3, 0.4) is 0 Å². The molecule has 3 N–H and O–H groups in total. The first kappa shape index (κ1) is 35.8. The van der Waals surface area contributed by atoms with Crippen molar-refractivity contribution in [3.8, 4) is 6.01 Å². The van der Waals surface area contributed by atoms with Crippen LogP contribution >= 0.6 is 11.6 Å². The molecule has 0 radical (unpaired) electrons. The van der Waals surface area contributed by atoms with Crippen molar-refractivity contribution in [2.45, 2.75) is 109 Å². The van der Waals surface area contributed by atoms with Gasteiger partial charge in [0.05, 0.1) is 57.4 Å². The van der Waals surface area contributed by atoms with Crippen molar-refractivity contribution < 1.29 is 28.4 Å². The number of aromatic nitrogens is 4. The lowest BCUT2D eigenvalue weighted by Crippen LogP contribution is -2.57. The number of hydrogen-bond acceptors (Lipinski definition) is 11. The molecule has 0 amide bonds. The number of hydrogen-bond donors (Lipinski definition) is 3. The molecule has 4 aliphatic heterocycles. The summed E-state index contributed by atoms with van der Waals surface area (Å²) in [6.07, 6.45) is 9.75. The topological polar surface area (TPSA) is 130 Å². The number of aromatic amines is 1. The van der Waals surface area contributed by atoms with Gasteiger partial charge in [0.15, 0.2) is 5.83 Å². The third-order valence-electron chi connectivity index (χ3n) is 12.1. The minimum atomic E-state index is -1.17. The Bertz CT molecular complexity index is 1950. The number of nitrogens with zero attached hydrogens (tertiary/aromatic N) is 5. The van der Waals surface area contributed by atoms with Gasteiger partial charge in [-0.1, -0.05) is 18.0 Å². The average molecular weight is 740 g/mol. The number of halogens is 2. The number of rotatable bonds is 7. The summed E-state index contributed by atoms with van der Waals surface area (Å²) in [5.41, 5.74) is 0.829. The van der Waals surface area contributed by atoms with E-state index in [1.165, 1.54) is 7.11 Å². The molecule has 7 atom stereocenters. The van der Waals surface area contributed by atoms with Gasteiger partial charge < -0.3 is 34.3 Å². The molecule has 2 aromatic heterocycles. The van der Waals surface area contributed by atoms with Crippen molar-refractivity contribution in [3.05, 3.63) is 39.0 Å². The SMILES string of the molecule is COC1=c2c(N3CCOC[C@@](C)(O)C3)nc(OC[C@]34CCC[C@H]3N(C3C[C@@H](C)O[C@@H](C)C3)CCC4)nc2=C(F)C(c2c(C)c(Cl)cc3[nH]ncc23)N1. The number of ether oxygens (including phenoxy) is 4. The Morgan fingerprint density at radius 2 is 1.94 bits per heavy atom. The Kier molecular flexibility index (Phi) is 9.55. The van der Waals surface area contributed by atoms with Gasteiger partial charge in [0, 0.05) is 34.5 Å². The van der Waals surface area contributed by atoms with Crippen LogP contribution in [0.5, 0.6) is 6.01 Å². The summed E-state index contributed by atoms with van der Waals surface area (Å²) in [5, 5.41) is 23.3. The first-order valence-electron chi connectivity index (χ1n) is 18.8. The summed E-state index contributed by atoms with van der Waals surface area (Å²) >= 11 is 6.67. The fourth-order valence-corrected chi connectivity index (χ4v) is 10.0. The van der Waals surface area contributed by atoms with Crippen LogP contribution in [0.15, 0.2) is 12.3 Å². The molecular formula is C38H51ClFN7O5. The van der Waals surface area contributed by atoms with E-state index in [1.54, 1.807) is 19.2 Å². The first-order chi connectivity index (χ1) is 25.0. The average Bonchev–Trinajstić information content (AvgIpc) is 3.72. The zero-order valence-corrected chi connectivity index (χ0v) is 31.6. The lowest BCUT2D eigenvalue weighted by atomic mass is 9.74. The maximum atomic E-state index is 17.3. The number of fused-ring (bicyclic) bond motifs is 3. The van der Waals surface area contributed by atoms with Gasteiger partial charge in [-0.2, -0.15) is 15.1 Å². The third-order valence-corrected chi connectivity index (χ3v) is 12.5.